The molecule has 1 aliphatic rings. The van der Waals surface area contributed by atoms with Gasteiger partial charge >= 0.3 is 0 Å². The molecule has 0 nitrogen and oxygen atoms in total. The van der Waals surface area contributed by atoms with Crippen molar-refractivity contribution in [3.05, 3.63) is 120 Å². The minimum absolute atomic E-state index is 0.0745. The second-order valence-corrected chi connectivity index (χ2v) is 9.75. The molecule has 1 aliphatic carbocycles. The van der Waals surface area contributed by atoms with Gasteiger partial charge in [0, 0.05) is 5.41 Å². The average molecular weight is 421 g/mol. The van der Waals surface area contributed by atoms with Gasteiger partial charge in [0.1, 0.15) is 0 Å². The fourth-order valence-electron chi connectivity index (χ4n) is 6.13. The largest absolute Gasteiger partial charge is 0.0616 e. The molecule has 0 bridgehead atoms. The maximum Gasteiger partial charge on any atom is 0.0165 e. The monoisotopic (exact) mass is 420 g/mol. The van der Waals surface area contributed by atoms with Crippen LogP contribution in [0, 0.1) is 0 Å². The number of hydrogen-bond donors (Lipinski definition) is 0. The molecule has 6 aromatic rings. The molecular weight excluding hydrogens is 396 g/mol. The van der Waals surface area contributed by atoms with Gasteiger partial charge in [-0.15, -0.1) is 0 Å². The summed E-state index contributed by atoms with van der Waals surface area (Å²) in [6, 6.07) is 40.3. The molecule has 0 saturated carbocycles. The summed E-state index contributed by atoms with van der Waals surface area (Å²) in [6.45, 7) is 4.79. The standard InChI is InChI=1S/C33H24/c1-33(2)30-20-22(24-17-9-11-21-10-3-4-12-23(21)24)18-19-29(30)31-27-15-7-5-13-25(27)26-14-6-8-16-28(26)32(31)33/h3-20H,1-2H3. The molecule has 0 fully saturated rings. The number of fused-ring (bicyclic) bond motifs is 9. The first kappa shape index (κ1) is 18.7. The SMILES string of the molecule is CC1(C)c2cc(-c3cccc4ccccc34)ccc2-c2c1c1ccccc1c1ccccc21. The van der Waals surface area contributed by atoms with E-state index < -0.39 is 0 Å². The Bertz CT molecular complexity index is 1730. The summed E-state index contributed by atoms with van der Waals surface area (Å²) in [6.07, 6.45) is 0. The first-order valence-electron chi connectivity index (χ1n) is 11.7. The highest BCUT2D eigenvalue weighted by molar-refractivity contribution is 6.18. The van der Waals surface area contributed by atoms with Crippen molar-refractivity contribution in [3.63, 3.8) is 0 Å². The van der Waals surface area contributed by atoms with Gasteiger partial charge in [-0.1, -0.05) is 117 Å². The van der Waals surface area contributed by atoms with Crippen molar-refractivity contribution in [2.24, 2.45) is 0 Å². The Balaban J connectivity index is 1.57. The zero-order chi connectivity index (χ0) is 22.2. The molecule has 0 aliphatic heterocycles. The first-order valence-corrected chi connectivity index (χ1v) is 11.7. The highest BCUT2D eigenvalue weighted by Crippen LogP contribution is 2.55. The Morgan fingerprint density at radius 2 is 1.09 bits per heavy atom. The van der Waals surface area contributed by atoms with E-state index in [9.17, 15) is 0 Å². The van der Waals surface area contributed by atoms with Gasteiger partial charge in [0.05, 0.1) is 0 Å². The summed E-state index contributed by atoms with van der Waals surface area (Å²) in [7, 11) is 0. The Morgan fingerprint density at radius 1 is 0.485 bits per heavy atom. The molecule has 0 heteroatoms. The molecule has 156 valence electrons. The van der Waals surface area contributed by atoms with E-state index >= 15 is 0 Å². The minimum atomic E-state index is -0.0745. The van der Waals surface area contributed by atoms with Gasteiger partial charge in [0.2, 0.25) is 0 Å². The molecule has 0 unspecified atom stereocenters. The van der Waals surface area contributed by atoms with Crippen molar-refractivity contribution in [3.8, 4) is 22.3 Å². The number of rotatable bonds is 1. The van der Waals surface area contributed by atoms with Gasteiger partial charge < -0.3 is 0 Å². The molecule has 0 saturated heterocycles. The smallest absolute Gasteiger partial charge is 0.0165 e. The van der Waals surface area contributed by atoms with Crippen molar-refractivity contribution in [2.45, 2.75) is 19.3 Å². The van der Waals surface area contributed by atoms with Crippen molar-refractivity contribution >= 4 is 32.3 Å². The second-order valence-electron chi connectivity index (χ2n) is 9.75. The third-order valence-electron chi connectivity index (χ3n) is 7.62. The van der Waals surface area contributed by atoms with Crippen LogP contribution in [0.15, 0.2) is 109 Å². The average Bonchev–Trinajstić information content (AvgIpc) is 3.11. The fraction of sp³-hybridized carbons (Fsp3) is 0.0909. The maximum absolute atomic E-state index is 2.45. The van der Waals surface area contributed by atoms with Crippen LogP contribution in [0.5, 0.6) is 0 Å². The van der Waals surface area contributed by atoms with E-state index in [0.29, 0.717) is 0 Å². The lowest BCUT2D eigenvalue weighted by Crippen LogP contribution is -2.15. The van der Waals surface area contributed by atoms with Crippen LogP contribution in [0.3, 0.4) is 0 Å². The molecule has 0 heterocycles. The third-order valence-corrected chi connectivity index (χ3v) is 7.62. The molecular formula is C33H24. The van der Waals surface area contributed by atoms with Crippen LogP contribution in [0.25, 0.3) is 54.6 Å². The predicted octanol–water partition coefficient (Wildman–Crippen LogP) is 9.12. The lowest BCUT2D eigenvalue weighted by molar-refractivity contribution is 0.667. The van der Waals surface area contributed by atoms with E-state index in [-0.39, 0.29) is 5.41 Å². The third kappa shape index (κ3) is 2.47. The maximum atomic E-state index is 2.45. The Morgan fingerprint density at radius 3 is 1.88 bits per heavy atom. The molecule has 0 atom stereocenters. The zero-order valence-corrected chi connectivity index (χ0v) is 18.9. The molecule has 0 N–H and O–H groups in total. The summed E-state index contributed by atoms with van der Waals surface area (Å²) >= 11 is 0. The lowest BCUT2D eigenvalue weighted by atomic mass is 9.78. The lowest BCUT2D eigenvalue weighted by Gasteiger charge is -2.24. The minimum Gasteiger partial charge on any atom is -0.0616 e. The van der Waals surface area contributed by atoms with E-state index in [2.05, 4.69) is 123 Å². The van der Waals surface area contributed by atoms with Crippen molar-refractivity contribution in [1.29, 1.82) is 0 Å². The van der Waals surface area contributed by atoms with Gasteiger partial charge in [-0.2, -0.15) is 0 Å². The van der Waals surface area contributed by atoms with E-state index in [1.54, 1.807) is 0 Å². The van der Waals surface area contributed by atoms with Gasteiger partial charge in [-0.05, 0) is 71.8 Å². The van der Waals surface area contributed by atoms with Crippen LogP contribution in [0.2, 0.25) is 0 Å². The van der Waals surface area contributed by atoms with Crippen LogP contribution in [0.1, 0.15) is 25.0 Å². The Hall–Kier alpha value is -3.90. The Kier molecular flexibility index (Phi) is 3.71. The van der Waals surface area contributed by atoms with E-state index in [4.69, 9.17) is 0 Å². The van der Waals surface area contributed by atoms with Gasteiger partial charge in [0.25, 0.3) is 0 Å². The molecule has 0 radical (unpaired) electrons. The first-order chi connectivity index (χ1) is 16.1. The van der Waals surface area contributed by atoms with E-state index in [1.807, 2.05) is 0 Å². The van der Waals surface area contributed by atoms with Gasteiger partial charge in [-0.25, -0.2) is 0 Å². The summed E-state index contributed by atoms with van der Waals surface area (Å²) in [4.78, 5) is 0. The molecule has 6 aromatic carbocycles. The number of hydrogen-bond acceptors (Lipinski definition) is 0. The topological polar surface area (TPSA) is 0 Å². The highest BCUT2D eigenvalue weighted by atomic mass is 14.4. The fourth-order valence-corrected chi connectivity index (χ4v) is 6.13. The van der Waals surface area contributed by atoms with Crippen molar-refractivity contribution in [2.75, 3.05) is 0 Å². The van der Waals surface area contributed by atoms with Gasteiger partial charge in [0.15, 0.2) is 0 Å². The number of benzene rings is 6. The van der Waals surface area contributed by atoms with E-state index in [1.165, 1.54) is 65.7 Å². The molecule has 0 spiro atoms. The molecule has 0 aromatic heterocycles. The van der Waals surface area contributed by atoms with Gasteiger partial charge in [-0.3, -0.25) is 0 Å². The van der Waals surface area contributed by atoms with Crippen LogP contribution in [-0.2, 0) is 5.41 Å². The summed E-state index contributed by atoms with van der Waals surface area (Å²) in [5, 5.41) is 8.02. The van der Waals surface area contributed by atoms with Crippen LogP contribution in [-0.4, -0.2) is 0 Å². The highest BCUT2D eigenvalue weighted by Gasteiger charge is 2.38. The molecule has 7 rings (SSSR count). The van der Waals surface area contributed by atoms with Crippen LogP contribution in [0.4, 0.5) is 0 Å². The van der Waals surface area contributed by atoms with Crippen molar-refractivity contribution < 1.29 is 0 Å². The summed E-state index contributed by atoms with van der Waals surface area (Å²) < 4.78 is 0. The molecule has 33 heavy (non-hydrogen) atoms. The second kappa shape index (κ2) is 6.56. The molecule has 0 amide bonds. The predicted molar refractivity (Wildman–Crippen MR) is 142 cm³/mol. The quantitative estimate of drug-likeness (QED) is 0.233. The summed E-state index contributed by atoms with van der Waals surface area (Å²) in [5.41, 5.74) is 8.19. The normalized spacial score (nSPS) is 14.0. The van der Waals surface area contributed by atoms with Crippen molar-refractivity contribution in [1.82, 2.24) is 0 Å². The summed E-state index contributed by atoms with van der Waals surface area (Å²) in [5.74, 6) is 0. The Labute approximate surface area is 194 Å². The van der Waals surface area contributed by atoms with Crippen LogP contribution < -0.4 is 0 Å². The van der Waals surface area contributed by atoms with Crippen LogP contribution >= 0.6 is 0 Å². The van der Waals surface area contributed by atoms with E-state index in [0.717, 1.165) is 0 Å². The zero-order valence-electron chi connectivity index (χ0n) is 18.9.